The molecule has 2 aromatic rings. The molecule has 2 aromatic carbocycles. The van der Waals surface area contributed by atoms with Crippen LogP contribution in [0.2, 0.25) is 0 Å². The first kappa shape index (κ1) is 16.0. The summed E-state index contributed by atoms with van der Waals surface area (Å²) in [6.07, 6.45) is 1.44. The summed E-state index contributed by atoms with van der Waals surface area (Å²) >= 11 is 0. The Balaban J connectivity index is 2.09. The number of hydrogen-bond donors (Lipinski definition) is 3. The smallest absolute Gasteiger partial charge is 0.335 e. The molecule has 0 saturated heterocycles. The van der Waals surface area contributed by atoms with E-state index in [9.17, 15) is 14.9 Å². The standard InChI is InChI=1S/C15H14N4O4/c1-16-13-7-2-10(8-14(13)19(22)23)9-17-18-12-5-3-11(4-6-12)15(20)21/h2-9,16,18H,1H3,(H,20,21)/b17-9+. The molecule has 3 N–H and O–H groups in total. The van der Waals surface area contributed by atoms with Crippen LogP contribution in [0.25, 0.3) is 0 Å². The number of benzene rings is 2. The summed E-state index contributed by atoms with van der Waals surface area (Å²) in [5.74, 6) is -1.00. The van der Waals surface area contributed by atoms with Crippen LogP contribution in [-0.4, -0.2) is 29.3 Å². The van der Waals surface area contributed by atoms with Gasteiger partial charge < -0.3 is 10.4 Å². The van der Waals surface area contributed by atoms with E-state index < -0.39 is 10.9 Å². The van der Waals surface area contributed by atoms with Crippen molar-refractivity contribution in [2.75, 3.05) is 17.8 Å². The summed E-state index contributed by atoms with van der Waals surface area (Å²) in [5, 5.41) is 26.5. The Kier molecular flexibility index (Phi) is 4.88. The van der Waals surface area contributed by atoms with Crippen LogP contribution in [0.1, 0.15) is 15.9 Å². The maximum Gasteiger partial charge on any atom is 0.335 e. The Hall–Kier alpha value is -3.42. The molecule has 0 radical (unpaired) electrons. The summed E-state index contributed by atoms with van der Waals surface area (Å²) in [5.41, 5.74) is 4.45. The van der Waals surface area contributed by atoms with Crippen molar-refractivity contribution < 1.29 is 14.8 Å². The van der Waals surface area contributed by atoms with Gasteiger partial charge in [-0.05, 0) is 30.3 Å². The van der Waals surface area contributed by atoms with Gasteiger partial charge >= 0.3 is 5.97 Å². The van der Waals surface area contributed by atoms with E-state index in [1.54, 1.807) is 31.3 Å². The van der Waals surface area contributed by atoms with Crippen LogP contribution in [0.3, 0.4) is 0 Å². The van der Waals surface area contributed by atoms with E-state index in [0.717, 1.165) is 0 Å². The number of nitrogens with zero attached hydrogens (tertiary/aromatic N) is 2. The molecule has 2 rings (SSSR count). The first-order valence-electron chi connectivity index (χ1n) is 6.60. The van der Waals surface area contributed by atoms with Crippen molar-refractivity contribution >= 4 is 29.2 Å². The van der Waals surface area contributed by atoms with Gasteiger partial charge in [0.15, 0.2) is 0 Å². The number of nitro benzene ring substituents is 1. The number of rotatable bonds is 6. The van der Waals surface area contributed by atoms with Crippen molar-refractivity contribution in [1.29, 1.82) is 0 Å². The monoisotopic (exact) mass is 314 g/mol. The van der Waals surface area contributed by atoms with Crippen molar-refractivity contribution in [3.63, 3.8) is 0 Å². The van der Waals surface area contributed by atoms with Crippen LogP contribution >= 0.6 is 0 Å². The Morgan fingerprint density at radius 2 is 1.96 bits per heavy atom. The van der Waals surface area contributed by atoms with Crippen LogP contribution in [0, 0.1) is 10.1 Å². The minimum atomic E-state index is -1.00. The van der Waals surface area contributed by atoms with E-state index in [1.165, 1.54) is 24.4 Å². The number of nitro groups is 1. The number of carboxylic acids is 1. The minimum Gasteiger partial charge on any atom is -0.478 e. The van der Waals surface area contributed by atoms with Gasteiger partial charge in [-0.3, -0.25) is 15.5 Å². The molecule has 0 aliphatic rings. The second-order valence-electron chi connectivity index (χ2n) is 4.54. The molecule has 0 aromatic heterocycles. The summed E-state index contributed by atoms with van der Waals surface area (Å²) in [6, 6.07) is 10.8. The molecule has 23 heavy (non-hydrogen) atoms. The van der Waals surface area contributed by atoms with E-state index in [4.69, 9.17) is 5.11 Å². The maximum atomic E-state index is 11.0. The number of carbonyl (C=O) groups is 1. The normalized spacial score (nSPS) is 10.5. The van der Waals surface area contributed by atoms with E-state index in [-0.39, 0.29) is 11.3 Å². The Morgan fingerprint density at radius 3 is 2.52 bits per heavy atom. The molecule has 0 fully saturated rings. The van der Waals surface area contributed by atoms with Gasteiger partial charge in [0.2, 0.25) is 0 Å². The lowest BCUT2D eigenvalue weighted by molar-refractivity contribution is -0.383. The average Bonchev–Trinajstić information content (AvgIpc) is 2.55. The molecule has 0 spiro atoms. The predicted octanol–water partition coefficient (Wildman–Crippen LogP) is 2.78. The van der Waals surface area contributed by atoms with Crippen molar-refractivity contribution in [2.24, 2.45) is 5.10 Å². The molecule has 0 aliphatic carbocycles. The van der Waals surface area contributed by atoms with Crippen LogP contribution in [0.15, 0.2) is 47.6 Å². The maximum absolute atomic E-state index is 11.0. The Bertz CT molecular complexity index is 757. The van der Waals surface area contributed by atoms with Crippen LogP contribution in [0.5, 0.6) is 0 Å². The van der Waals surface area contributed by atoms with Gasteiger partial charge in [-0.15, -0.1) is 0 Å². The quantitative estimate of drug-likeness (QED) is 0.429. The fourth-order valence-corrected chi connectivity index (χ4v) is 1.86. The fourth-order valence-electron chi connectivity index (χ4n) is 1.86. The molecule has 0 aliphatic heterocycles. The third-order valence-electron chi connectivity index (χ3n) is 3.03. The van der Waals surface area contributed by atoms with Gasteiger partial charge in [0.05, 0.1) is 22.4 Å². The van der Waals surface area contributed by atoms with Crippen molar-refractivity contribution in [1.82, 2.24) is 0 Å². The SMILES string of the molecule is CNc1ccc(/C=N/Nc2ccc(C(=O)O)cc2)cc1[N+](=O)[O-]. The first-order valence-corrected chi connectivity index (χ1v) is 6.60. The zero-order chi connectivity index (χ0) is 16.8. The summed E-state index contributed by atoms with van der Waals surface area (Å²) in [6.45, 7) is 0. The fraction of sp³-hybridized carbons (Fsp3) is 0.0667. The molecule has 0 atom stereocenters. The average molecular weight is 314 g/mol. The zero-order valence-electron chi connectivity index (χ0n) is 12.2. The third-order valence-corrected chi connectivity index (χ3v) is 3.03. The van der Waals surface area contributed by atoms with Crippen LogP contribution in [-0.2, 0) is 0 Å². The third kappa shape index (κ3) is 4.03. The van der Waals surface area contributed by atoms with Gasteiger partial charge in [-0.1, -0.05) is 6.07 Å². The summed E-state index contributed by atoms with van der Waals surface area (Å²) in [4.78, 5) is 21.2. The molecule has 0 bridgehead atoms. The van der Waals surface area contributed by atoms with Crippen LogP contribution < -0.4 is 10.7 Å². The van der Waals surface area contributed by atoms with Gasteiger partial charge in [-0.25, -0.2) is 4.79 Å². The minimum absolute atomic E-state index is 0.0396. The highest BCUT2D eigenvalue weighted by atomic mass is 16.6. The number of hydrogen-bond acceptors (Lipinski definition) is 6. The largest absolute Gasteiger partial charge is 0.478 e. The summed E-state index contributed by atoms with van der Waals surface area (Å²) in [7, 11) is 1.61. The van der Waals surface area contributed by atoms with Crippen LogP contribution in [0.4, 0.5) is 17.1 Å². The molecule has 0 amide bonds. The molecule has 0 heterocycles. The molecular weight excluding hydrogens is 300 g/mol. The first-order chi connectivity index (χ1) is 11.0. The lowest BCUT2D eigenvalue weighted by Crippen LogP contribution is -1.98. The molecular formula is C15H14N4O4. The highest BCUT2D eigenvalue weighted by molar-refractivity contribution is 5.88. The van der Waals surface area contributed by atoms with Crippen molar-refractivity contribution in [2.45, 2.75) is 0 Å². The number of nitrogens with one attached hydrogen (secondary N) is 2. The Labute approximate surface area is 131 Å². The highest BCUT2D eigenvalue weighted by Gasteiger charge is 2.12. The molecule has 8 nitrogen and oxygen atoms in total. The summed E-state index contributed by atoms with van der Waals surface area (Å²) < 4.78 is 0. The molecule has 118 valence electrons. The lowest BCUT2D eigenvalue weighted by Gasteiger charge is -2.03. The highest BCUT2D eigenvalue weighted by Crippen LogP contribution is 2.24. The second kappa shape index (κ2) is 7.03. The number of aromatic carboxylic acids is 1. The number of anilines is 2. The second-order valence-corrected chi connectivity index (χ2v) is 4.54. The van der Waals surface area contributed by atoms with Gasteiger partial charge in [0.25, 0.3) is 5.69 Å². The number of carboxylic acid groups (broad SMARTS) is 1. The molecule has 0 saturated carbocycles. The van der Waals surface area contributed by atoms with Gasteiger partial charge in [0.1, 0.15) is 5.69 Å². The predicted molar refractivity (Wildman–Crippen MR) is 87.3 cm³/mol. The Morgan fingerprint density at radius 1 is 1.26 bits per heavy atom. The lowest BCUT2D eigenvalue weighted by atomic mass is 10.2. The van der Waals surface area contributed by atoms with Crippen molar-refractivity contribution in [3.8, 4) is 0 Å². The van der Waals surface area contributed by atoms with E-state index in [0.29, 0.717) is 16.9 Å². The van der Waals surface area contributed by atoms with E-state index in [1.807, 2.05) is 0 Å². The number of hydrazone groups is 1. The zero-order valence-corrected chi connectivity index (χ0v) is 12.2. The van der Waals surface area contributed by atoms with Crippen molar-refractivity contribution in [3.05, 3.63) is 63.7 Å². The molecule has 0 unspecified atom stereocenters. The molecule has 8 heteroatoms. The van der Waals surface area contributed by atoms with E-state index >= 15 is 0 Å². The van der Waals surface area contributed by atoms with Gasteiger partial charge in [0, 0.05) is 18.7 Å². The van der Waals surface area contributed by atoms with E-state index in [2.05, 4.69) is 15.8 Å². The van der Waals surface area contributed by atoms with Gasteiger partial charge in [-0.2, -0.15) is 5.10 Å². The topological polar surface area (TPSA) is 117 Å².